The highest BCUT2D eigenvalue weighted by atomic mass is 16.6. The van der Waals surface area contributed by atoms with Gasteiger partial charge < -0.3 is 15.0 Å². The third kappa shape index (κ3) is 4.75. The van der Waals surface area contributed by atoms with Crippen LogP contribution in [-0.2, 0) is 4.74 Å². The molecule has 1 saturated heterocycles. The molecule has 5 nitrogen and oxygen atoms in total. The Bertz CT molecular complexity index is 640. The van der Waals surface area contributed by atoms with Crippen LogP contribution in [0.3, 0.4) is 0 Å². The molecule has 1 N–H and O–H groups in total. The predicted octanol–water partition coefficient (Wildman–Crippen LogP) is 2.41. The number of alkyl carbamates (subject to hydrolysis) is 1. The second kappa shape index (κ2) is 6.74. The second-order valence-corrected chi connectivity index (χ2v) is 6.61. The second-order valence-electron chi connectivity index (χ2n) is 6.61. The van der Waals surface area contributed by atoms with E-state index >= 15 is 0 Å². The summed E-state index contributed by atoms with van der Waals surface area (Å²) in [6.45, 7) is 6.51. The van der Waals surface area contributed by atoms with Crippen LogP contribution < -0.4 is 5.32 Å². The molecular formula is C18H22N2O3. The quantitative estimate of drug-likeness (QED) is 0.853. The number of nitrogens with zero attached hydrogens (tertiary/aromatic N) is 1. The molecule has 2 rings (SSSR count). The summed E-state index contributed by atoms with van der Waals surface area (Å²) in [6.07, 6.45) is 5.62. The number of rotatable bonds is 2. The van der Waals surface area contributed by atoms with Gasteiger partial charge in [0.1, 0.15) is 5.60 Å². The monoisotopic (exact) mass is 314 g/mol. The molecule has 1 aliphatic heterocycles. The molecule has 23 heavy (non-hydrogen) atoms. The first kappa shape index (κ1) is 16.9. The van der Waals surface area contributed by atoms with E-state index in [0.29, 0.717) is 30.6 Å². The summed E-state index contributed by atoms with van der Waals surface area (Å²) in [5.41, 5.74) is 0.713. The molecule has 122 valence electrons. The van der Waals surface area contributed by atoms with Crippen molar-refractivity contribution in [1.29, 1.82) is 0 Å². The van der Waals surface area contributed by atoms with E-state index in [9.17, 15) is 9.59 Å². The largest absolute Gasteiger partial charge is 0.444 e. The number of carbonyl (C=O) groups excluding carboxylic acids is 2. The van der Waals surface area contributed by atoms with Crippen molar-refractivity contribution >= 4 is 12.0 Å². The third-order valence-electron chi connectivity index (χ3n) is 3.47. The van der Waals surface area contributed by atoms with Gasteiger partial charge in [0.2, 0.25) is 0 Å². The SMILES string of the molecule is C#Cc1cccc(C(=O)N2CCC(NC(=O)OC(C)(C)C)C2)c1. The first-order valence-corrected chi connectivity index (χ1v) is 7.64. The van der Waals surface area contributed by atoms with Crippen LogP contribution in [0.2, 0.25) is 0 Å². The Balaban J connectivity index is 1.93. The summed E-state index contributed by atoms with van der Waals surface area (Å²) < 4.78 is 5.23. The minimum absolute atomic E-state index is 0.0735. The van der Waals surface area contributed by atoms with Crippen LogP contribution in [0.1, 0.15) is 43.1 Å². The maximum Gasteiger partial charge on any atom is 0.407 e. The number of hydrogen-bond acceptors (Lipinski definition) is 3. The van der Waals surface area contributed by atoms with Gasteiger partial charge in [0.25, 0.3) is 5.91 Å². The summed E-state index contributed by atoms with van der Waals surface area (Å²) in [5.74, 6) is 2.45. The molecule has 5 heteroatoms. The molecular weight excluding hydrogens is 292 g/mol. The van der Waals surface area contributed by atoms with Gasteiger partial charge in [-0.25, -0.2) is 4.79 Å². The normalized spacial score (nSPS) is 17.5. The van der Waals surface area contributed by atoms with E-state index in [1.807, 2.05) is 20.8 Å². The van der Waals surface area contributed by atoms with Crippen molar-refractivity contribution in [2.45, 2.75) is 38.8 Å². The number of carbonyl (C=O) groups is 2. The Morgan fingerprint density at radius 2 is 2.13 bits per heavy atom. The van der Waals surface area contributed by atoms with Crippen molar-refractivity contribution in [2.24, 2.45) is 0 Å². The van der Waals surface area contributed by atoms with Crippen molar-refractivity contribution in [3.8, 4) is 12.3 Å². The molecule has 0 saturated carbocycles. The Hall–Kier alpha value is -2.48. The third-order valence-corrected chi connectivity index (χ3v) is 3.47. The highest BCUT2D eigenvalue weighted by Crippen LogP contribution is 2.15. The van der Waals surface area contributed by atoms with Crippen molar-refractivity contribution in [3.63, 3.8) is 0 Å². The van der Waals surface area contributed by atoms with Gasteiger partial charge in [0, 0.05) is 24.2 Å². The van der Waals surface area contributed by atoms with Gasteiger partial charge in [0.05, 0.1) is 6.04 Å². The Kier molecular flexibility index (Phi) is 4.95. The summed E-state index contributed by atoms with van der Waals surface area (Å²) in [6, 6.07) is 6.92. The van der Waals surface area contributed by atoms with Gasteiger partial charge in [0.15, 0.2) is 0 Å². The van der Waals surface area contributed by atoms with Gasteiger partial charge in [-0.05, 0) is 45.4 Å². The molecule has 2 amide bonds. The number of benzene rings is 1. The molecule has 1 atom stereocenters. The van der Waals surface area contributed by atoms with Crippen LogP contribution in [0.4, 0.5) is 4.79 Å². The summed E-state index contributed by atoms with van der Waals surface area (Å²) in [4.78, 5) is 26.0. The maximum atomic E-state index is 12.5. The first-order valence-electron chi connectivity index (χ1n) is 7.64. The average molecular weight is 314 g/mol. The molecule has 0 radical (unpaired) electrons. The molecule has 0 aliphatic carbocycles. The van der Waals surface area contributed by atoms with E-state index in [2.05, 4.69) is 11.2 Å². The summed E-state index contributed by atoms with van der Waals surface area (Å²) in [7, 11) is 0. The van der Waals surface area contributed by atoms with E-state index < -0.39 is 11.7 Å². The summed E-state index contributed by atoms with van der Waals surface area (Å²) >= 11 is 0. The average Bonchev–Trinajstić information content (AvgIpc) is 2.92. The van der Waals surface area contributed by atoms with E-state index in [4.69, 9.17) is 11.2 Å². The van der Waals surface area contributed by atoms with Crippen molar-refractivity contribution in [1.82, 2.24) is 10.2 Å². The number of nitrogens with one attached hydrogen (secondary N) is 1. The lowest BCUT2D eigenvalue weighted by Gasteiger charge is -2.22. The smallest absolute Gasteiger partial charge is 0.407 e. The lowest BCUT2D eigenvalue weighted by atomic mass is 10.1. The van der Waals surface area contributed by atoms with Gasteiger partial charge in [-0.15, -0.1) is 6.42 Å². The van der Waals surface area contributed by atoms with Gasteiger partial charge in [-0.3, -0.25) is 4.79 Å². The molecule has 0 spiro atoms. The molecule has 1 aliphatic rings. The minimum atomic E-state index is -0.534. The topological polar surface area (TPSA) is 58.6 Å². The van der Waals surface area contributed by atoms with E-state index in [1.165, 1.54) is 0 Å². The predicted molar refractivity (Wildman–Crippen MR) is 88.1 cm³/mol. The maximum absolute atomic E-state index is 12.5. The molecule has 0 aromatic heterocycles. The van der Waals surface area contributed by atoms with E-state index in [0.717, 1.165) is 0 Å². The molecule has 0 bridgehead atoms. The first-order chi connectivity index (χ1) is 10.8. The highest BCUT2D eigenvalue weighted by Gasteiger charge is 2.29. The van der Waals surface area contributed by atoms with Gasteiger partial charge in [-0.1, -0.05) is 12.0 Å². The van der Waals surface area contributed by atoms with Crippen LogP contribution in [0.15, 0.2) is 24.3 Å². The molecule has 1 heterocycles. The number of amides is 2. The number of hydrogen-bond donors (Lipinski definition) is 1. The Labute approximate surface area is 137 Å². The van der Waals surface area contributed by atoms with Crippen LogP contribution in [0.25, 0.3) is 0 Å². The van der Waals surface area contributed by atoms with E-state index in [1.54, 1.807) is 29.2 Å². The number of terminal acetylenes is 1. The molecule has 1 unspecified atom stereocenters. The van der Waals surface area contributed by atoms with Crippen LogP contribution in [-0.4, -0.2) is 41.6 Å². The molecule has 1 fully saturated rings. The number of likely N-dealkylation sites (tertiary alicyclic amines) is 1. The van der Waals surface area contributed by atoms with Crippen molar-refractivity contribution < 1.29 is 14.3 Å². The summed E-state index contributed by atoms with van der Waals surface area (Å²) in [5, 5.41) is 2.81. The Morgan fingerprint density at radius 3 is 2.78 bits per heavy atom. The van der Waals surface area contributed by atoms with Crippen molar-refractivity contribution in [3.05, 3.63) is 35.4 Å². The van der Waals surface area contributed by atoms with Crippen LogP contribution in [0, 0.1) is 12.3 Å². The highest BCUT2D eigenvalue weighted by molar-refractivity contribution is 5.94. The zero-order valence-electron chi connectivity index (χ0n) is 13.8. The minimum Gasteiger partial charge on any atom is -0.444 e. The van der Waals surface area contributed by atoms with Crippen LogP contribution in [0.5, 0.6) is 0 Å². The van der Waals surface area contributed by atoms with Crippen LogP contribution >= 0.6 is 0 Å². The fourth-order valence-electron chi connectivity index (χ4n) is 2.46. The van der Waals surface area contributed by atoms with E-state index in [-0.39, 0.29) is 11.9 Å². The molecule has 1 aromatic carbocycles. The number of ether oxygens (including phenoxy) is 1. The fraction of sp³-hybridized carbons (Fsp3) is 0.444. The Morgan fingerprint density at radius 1 is 1.39 bits per heavy atom. The lowest BCUT2D eigenvalue weighted by Crippen LogP contribution is -2.41. The van der Waals surface area contributed by atoms with Crippen molar-refractivity contribution in [2.75, 3.05) is 13.1 Å². The zero-order valence-corrected chi connectivity index (χ0v) is 13.8. The zero-order chi connectivity index (χ0) is 17.0. The lowest BCUT2D eigenvalue weighted by molar-refractivity contribution is 0.0502. The van der Waals surface area contributed by atoms with Gasteiger partial charge >= 0.3 is 6.09 Å². The standard InChI is InChI=1S/C18H22N2O3/c1-5-13-7-6-8-14(11-13)16(21)20-10-9-15(12-20)19-17(22)23-18(2,3)4/h1,6-8,11,15H,9-10,12H2,2-4H3,(H,19,22). The fourth-order valence-corrected chi connectivity index (χ4v) is 2.46. The molecule has 1 aromatic rings. The van der Waals surface area contributed by atoms with Gasteiger partial charge in [-0.2, -0.15) is 0 Å².